The van der Waals surface area contributed by atoms with Crippen LogP contribution in [-0.2, 0) is 0 Å². The zero-order valence-electron chi connectivity index (χ0n) is 10.2. The van der Waals surface area contributed by atoms with E-state index in [9.17, 15) is 15.2 Å². The Kier molecular flexibility index (Phi) is 3.75. The average molecular weight is 295 g/mol. The molecule has 0 unspecified atom stereocenters. The zero-order valence-corrected chi connectivity index (χ0v) is 11.0. The number of H-pyrrole nitrogens is 1. The third kappa shape index (κ3) is 2.64. The van der Waals surface area contributed by atoms with E-state index < -0.39 is 4.92 Å². The van der Waals surface area contributed by atoms with E-state index in [0.717, 1.165) is 6.07 Å². The molecule has 10 heteroatoms. The molecule has 2 N–H and O–H groups in total. The van der Waals surface area contributed by atoms with Gasteiger partial charge in [-0.1, -0.05) is 0 Å². The first kappa shape index (κ1) is 13.7. The Morgan fingerprint density at radius 3 is 2.95 bits per heavy atom. The first-order valence-electron chi connectivity index (χ1n) is 5.24. The second-order valence-electron chi connectivity index (χ2n) is 3.59. The lowest BCUT2D eigenvalue weighted by Gasteiger charge is -2.05. The topological polar surface area (TPSA) is 119 Å². The number of hydrogen-bond donors (Lipinski definition) is 2. The molecule has 1 heterocycles. The average Bonchev–Trinajstić information content (AvgIpc) is 2.83. The van der Waals surface area contributed by atoms with E-state index in [1.807, 2.05) is 0 Å². The molecule has 0 aliphatic heterocycles. The highest BCUT2D eigenvalue weighted by molar-refractivity contribution is 7.71. The smallest absolute Gasteiger partial charge is 0.274 e. The van der Waals surface area contributed by atoms with E-state index in [-0.39, 0.29) is 27.5 Å². The number of ether oxygens (including phenoxy) is 1. The molecular weight excluding hydrogens is 286 g/mol. The Bertz CT molecular complexity index is 735. The molecule has 2 rings (SSSR count). The fourth-order valence-corrected chi connectivity index (χ4v) is 1.57. The number of aromatic nitrogens is 3. The van der Waals surface area contributed by atoms with Crippen LogP contribution in [0.15, 0.2) is 23.6 Å². The number of methoxy groups -OCH3 is 1. The molecule has 0 amide bonds. The van der Waals surface area contributed by atoms with Crippen molar-refractivity contribution in [1.82, 2.24) is 14.9 Å². The molecule has 9 nitrogen and oxygen atoms in total. The third-order valence-corrected chi connectivity index (χ3v) is 2.65. The molecule has 104 valence electrons. The van der Waals surface area contributed by atoms with Crippen LogP contribution in [0.4, 0.5) is 5.69 Å². The summed E-state index contributed by atoms with van der Waals surface area (Å²) in [7, 11) is 1.30. The summed E-state index contributed by atoms with van der Waals surface area (Å²) in [5.74, 6) is -0.270. The van der Waals surface area contributed by atoms with Gasteiger partial charge < -0.3 is 9.84 Å². The molecule has 0 saturated carbocycles. The van der Waals surface area contributed by atoms with Crippen molar-refractivity contribution in [2.75, 3.05) is 7.11 Å². The van der Waals surface area contributed by atoms with Crippen LogP contribution in [0.2, 0.25) is 0 Å². The van der Waals surface area contributed by atoms with Gasteiger partial charge in [-0.25, -0.2) is 0 Å². The Morgan fingerprint density at radius 1 is 1.65 bits per heavy atom. The van der Waals surface area contributed by atoms with Gasteiger partial charge in [-0.15, -0.1) is 0 Å². The fourth-order valence-electron chi connectivity index (χ4n) is 1.42. The molecule has 1 aromatic heterocycles. The van der Waals surface area contributed by atoms with E-state index >= 15 is 0 Å². The van der Waals surface area contributed by atoms with E-state index in [1.165, 1.54) is 30.4 Å². The molecule has 0 fully saturated rings. The van der Waals surface area contributed by atoms with E-state index in [1.54, 1.807) is 0 Å². The molecule has 0 aliphatic rings. The van der Waals surface area contributed by atoms with E-state index in [4.69, 9.17) is 17.0 Å². The lowest BCUT2D eigenvalue weighted by Crippen LogP contribution is -1.96. The molecular formula is C10H9N5O4S. The van der Waals surface area contributed by atoms with E-state index in [0.29, 0.717) is 0 Å². The summed E-state index contributed by atoms with van der Waals surface area (Å²) in [5.41, 5.74) is -0.101. The Labute approximate surface area is 117 Å². The standard InChI is InChI=1S/C10H9N5O4S/c1-19-8-3-7(15(17)18)2-6(9(8)16)4-12-14-5-11-13-10(14)20/h2-5,16H,1H3,(H,13,20)/b12-4-. The normalized spacial score (nSPS) is 10.8. The Hall–Kier alpha value is -2.75. The van der Waals surface area contributed by atoms with Crippen LogP contribution in [0.5, 0.6) is 11.5 Å². The Balaban J connectivity index is 2.48. The van der Waals surface area contributed by atoms with Crippen LogP contribution in [-0.4, -0.2) is 38.2 Å². The van der Waals surface area contributed by atoms with Gasteiger partial charge in [0, 0.05) is 11.6 Å². The number of phenolic OH excluding ortho intramolecular Hbond substituents is 1. The van der Waals surface area contributed by atoms with Gasteiger partial charge in [0.15, 0.2) is 11.5 Å². The lowest BCUT2D eigenvalue weighted by molar-refractivity contribution is -0.385. The first-order chi connectivity index (χ1) is 9.52. The number of nitro groups is 1. The number of phenols is 1. The van der Waals surface area contributed by atoms with Crippen molar-refractivity contribution in [2.24, 2.45) is 5.10 Å². The second-order valence-corrected chi connectivity index (χ2v) is 3.98. The van der Waals surface area contributed by atoms with Gasteiger partial charge in [-0.05, 0) is 12.2 Å². The highest BCUT2D eigenvalue weighted by Gasteiger charge is 2.15. The lowest BCUT2D eigenvalue weighted by atomic mass is 10.2. The molecule has 2 aromatic rings. The predicted molar refractivity (Wildman–Crippen MR) is 71.7 cm³/mol. The zero-order chi connectivity index (χ0) is 14.7. The number of nitrogens with zero attached hydrogens (tertiary/aromatic N) is 4. The number of non-ortho nitro benzene ring substituents is 1. The van der Waals surface area contributed by atoms with Gasteiger partial charge in [0.2, 0.25) is 4.77 Å². The summed E-state index contributed by atoms with van der Waals surface area (Å²) >= 11 is 4.89. The summed E-state index contributed by atoms with van der Waals surface area (Å²) in [6.45, 7) is 0. The summed E-state index contributed by atoms with van der Waals surface area (Å²) < 4.78 is 6.36. The van der Waals surface area contributed by atoms with Gasteiger partial charge in [-0.3, -0.25) is 15.2 Å². The molecule has 20 heavy (non-hydrogen) atoms. The summed E-state index contributed by atoms with van der Waals surface area (Å²) in [4.78, 5) is 10.2. The second kappa shape index (κ2) is 5.48. The van der Waals surface area contributed by atoms with Crippen LogP contribution >= 0.6 is 12.2 Å². The molecule has 1 aromatic carbocycles. The summed E-state index contributed by atoms with van der Waals surface area (Å²) in [6, 6.07) is 2.29. The van der Waals surface area contributed by atoms with Crippen LogP contribution in [0.3, 0.4) is 0 Å². The highest BCUT2D eigenvalue weighted by Crippen LogP contribution is 2.33. The van der Waals surface area contributed by atoms with Crippen molar-refractivity contribution >= 4 is 24.1 Å². The molecule has 0 saturated heterocycles. The number of benzene rings is 1. The van der Waals surface area contributed by atoms with E-state index in [2.05, 4.69) is 15.3 Å². The number of rotatable bonds is 4. The number of nitro benzene ring substituents is 1. The maximum Gasteiger partial charge on any atom is 0.274 e. The predicted octanol–water partition coefficient (Wildman–Crippen LogP) is 1.45. The number of aromatic amines is 1. The van der Waals surface area contributed by atoms with Crippen LogP contribution in [0.1, 0.15) is 5.56 Å². The SMILES string of the molecule is COc1cc([N+](=O)[O-])cc(/C=N\n2cn[nH]c2=S)c1O. The quantitative estimate of drug-likeness (QED) is 0.381. The van der Waals surface area contributed by atoms with Crippen LogP contribution in [0, 0.1) is 14.9 Å². The fraction of sp³-hybridized carbons (Fsp3) is 0.100. The van der Waals surface area contributed by atoms with Crippen LogP contribution < -0.4 is 4.74 Å². The highest BCUT2D eigenvalue weighted by atomic mass is 32.1. The largest absolute Gasteiger partial charge is 0.504 e. The monoisotopic (exact) mass is 295 g/mol. The van der Waals surface area contributed by atoms with Crippen molar-refractivity contribution in [1.29, 1.82) is 0 Å². The van der Waals surface area contributed by atoms with Crippen molar-refractivity contribution in [2.45, 2.75) is 0 Å². The molecule has 0 atom stereocenters. The maximum absolute atomic E-state index is 10.8. The summed E-state index contributed by atoms with van der Waals surface area (Å²) in [6.07, 6.45) is 2.54. The van der Waals surface area contributed by atoms with Crippen molar-refractivity contribution in [3.63, 3.8) is 0 Å². The van der Waals surface area contributed by atoms with Gasteiger partial charge in [0.25, 0.3) is 5.69 Å². The minimum Gasteiger partial charge on any atom is -0.504 e. The van der Waals surface area contributed by atoms with Crippen molar-refractivity contribution in [3.05, 3.63) is 38.9 Å². The molecule has 0 aliphatic carbocycles. The maximum atomic E-state index is 10.8. The van der Waals surface area contributed by atoms with Gasteiger partial charge in [-0.2, -0.15) is 14.9 Å². The first-order valence-corrected chi connectivity index (χ1v) is 5.65. The van der Waals surface area contributed by atoms with Gasteiger partial charge in [0.05, 0.1) is 24.3 Å². The molecule has 0 radical (unpaired) electrons. The number of nitrogens with one attached hydrogen (secondary N) is 1. The van der Waals surface area contributed by atoms with Gasteiger partial charge in [0.1, 0.15) is 6.33 Å². The Morgan fingerprint density at radius 2 is 2.40 bits per heavy atom. The van der Waals surface area contributed by atoms with Gasteiger partial charge >= 0.3 is 0 Å². The number of hydrogen-bond acceptors (Lipinski definition) is 7. The molecule has 0 spiro atoms. The summed E-state index contributed by atoms with van der Waals surface area (Å²) in [5, 5.41) is 30.8. The molecule has 0 bridgehead atoms. The van der Waals surface area contributed by atoms with Crippen molar-refractivity contribution < 1.29 is 14.8 Å². The third-order valence-electron chi connectivity index (χ3n) is 2.38. The van der Waals surface area contributed by atoms with Crippen molar-refractivity contribution in [3.8, 4) is 11.5 Å². The minimum atomic E-state index is -0.594. The van der Waals surface area contributed by atoms with Crippen LogP contribution in [0.25, 0.3) is 0 Å². The minimum absolute atomic E-state index is 0.0172. The number of aromatic hydroxyl groups is 1.